The van der Waals surface area contributed by atoms with Crippen molar-refractivity contribution in [2.45, 2.75) is 20.0 Å². The minimum Gasteiger partial charge on any atom is -0.479 e. The number of carbonyl (C=O) groups excluding carboxylic acids is 1. The van der Waals surface area contributed by atoms with Gasteiger partial charge in [0, 0.05) is 10.2 Å². The van der Waals surface area contributed by atoms with Crippen molar-refractivity contribution in [1.29, 1.82) is 0 Å². The molecule has 0 spiro atoms. The summed E-state index contributed by atoms with van der Waals surface area (Å²) in [5.74, 6) is 2.19. The number of carbonyl (C=O) groups is 1. The maximum atomic E-state index is 11.6. The van der Waals surface area contributed by atoms with Crippen molar-refractivity contribution in [3.8, 4) is 5.75 Å². The highest BCUT2D eigenvalue weighted by Crippen LogP contribution is 2.17. The number of ether oxygens (including phenoxy) is 2. The van der Waals surface area contributed by atoms with E-state index in [4.69, 9.17) is 9.47 Å². The minimum absolute atomic E-state index is 0.324. The molecule has 1 aromatic carbocycles. The minimum atomic E-state index is -0.585. The summed E-state index contributed by atoms with van der Waals surface area (Å²) in [7, 11) is 0. The van der Waals surface area contributed by atoms with Gasteiger partial charge in [-0.1, -0.05) is 22.9 Å². The fourth-order valence-electron chi connectivity index (χ4n) is 1.23. The number of benzene rings is 1. The van der Waals surface area contributed by atoms with E-state index in [9.17, 15) is 4.79 Å². The van der Waals surface area contributed by atoms with Crippen LogP contribution < -0.4 is 4.74 Å². The van der Waals surface area contributed by atoms with Gasteiger partial charge in [0.1, 0.15) is 12.4 Å². The molecule has 3 nitrogen and oxygen atoms in total. The molecule has 0 heterocycles. The summed E-state index contributed by atoms with van der Waals surface area (Å²) in [6.07, 6.45) is -0.585. The molecule has 1 rings (SSSR count). The lowest BCUT2D eigenvalue weighted by molar-refractivity contribution is -0.150. The summed E-state index contributed by atoms with van der Waals surface area (Å²) in [5, 5.41) is 0. The predicted octanol–water partition coefficient (Wildman–Crippen LogP) is 3.51. The molecule has 1 aromatic rings. The molecule has 0 fully saturated rings. The highest BCUT2D eigenvalue weighted by atomic mass is 79.9. The van der Waals surface area contributed by atoms with Gasteiger partial charge in [-0.2, -0.15) is 11.8 Å². The Morgan fingerprint density at radius 1 is 1.39 bits per heavy atom. The summed E-state index contributed by atoms with van der Waals surface area (Å²) >= 11 is 5.08. The van der Waals surface area contributed by atoms with Gasteiger partial charge in [0.05, 0.1) is 0 Å². The van der Waals surface area contributed by atoms with Gasteiger partial charge in [-0.15, -0.1) is 0 Å². The molecule has 0 aliphatic heterocycles. The fraction of sp³-hybridized carbons (Fsp3) is 0.462. The average molecular weight is 333 g/mol. The molecule has 0 aliphatic rings. The molecule has 0 saturated heterocycles. The Morgan fingerprint density at radius 2 is 2.06 bits per heavy atom. The molecule has 5 heteroatoms. The van der Waals surface area contributed by atoms with E-state index >= 15 is 0 Å². The van der Waals surface area contributed by atoms with Crippen LogP contribution in [0.5, 0.6) is 5.75 Å². The predicted molar refractivity (Wildman–Crippen MR) is 78.2 cm³/mol. The SMILES string of the molecule is CCSCCOC(=O)C(C)Oc1ccc(Br)cc1. The van der Waals surface area contributed by atoms with Crippen LogP contribution >= 0.6 is 27.7 Å². The van der Waals surface area contributed by atoms with Crippen LogP contribution in [0, 0.1) is 0 Å². The van der Waals surface area contributed by atoms with Crippen molar-refractivity contribution < 1.29 is 14.3 Å². The molecule has 0 bridgehead atoms. The van der Waals surface area contributed by atoms with Crippen molar-refractivity contribution in [2.75, 3.05) is 18.1 Å². The van der Waals surface area contributed by atoms with E-state index in [1.807, 2.05) is 12.1 Å². The van der Waals surface area contributed by atoms with E-state index in [0.717, 1.165) is 16.0 Å². The van der Waals surface area contributed by atoms with E-state index in [1.165, 1.54) is 0 Å². The lowest BCUT2D eigenvalue weighted by Gasteiger charge is -2.13. The molecule has 0 N–H and O–H groups in total. The third-order valence-electron chi connectivity index (χ3n) is 2.13. The quantitative estimate of drug-likeness (QED) is 0.565. The lowest BCUT2D eigenvalue weighted by Crippen LogP contribution is -2.26. The Bertz CT molecular complexity index is 367. The number of halogens is 1. The third kappa shape index (κ3) is 5.78. The standard InChI is InChI=1S/C13H17BrO3S/c1-3-18-9-8-16-13(15)10(2)17-12-6-4-11(14)5-7-12/h4-7,10H,3,8-9H2,1-2H3. The van der Waals surface area contributed by atoms with E-state index in [1.54, 1.807) is 30.8 Å². The first-order chi connectivity index (χ1) is 8.63. The molecule has 0 radical (unpaired) electrons. The molecule has 0 amide bonds. The van der Waals surface area contributed by atoms with Gasteiger partial charge in [0.2, 0.25) is 0 Å². The second-order valence-electron chi connectivity index (χ2n) is 3.58. The summed E-state index contributed by atoms with van der Waals surface area (Å²) in [6, 6.07) is 7.35. The number of esters is 1. The number of rotatable bonds is 7. The van der Waals surface area contributed by atoms with Gasteiger partial charge in [-0.05, 0) is 36.9 Å². The second-order valence-corrected chi connectivity index (χ2v) is 5.89. The summed E-state index contributed by atoms with van der Waals surface area (Å²) in [6.45, 7) is 4.20. The van der Waals surface area contributed by atoms with Crippen LogP contribution in [0.25, 0.3) is 0 Å². The number of thioether (sulfide) groups is 1. The van der Waals surface area contributed by atoms with Crippen LogP contribution in [0.4, 0.5) is 0 Å². The van der Waals surface area contributed by atoms with Gasteiger partial charge in [-0.3, -0.25) is 0 Å². The first-order valence-electron chi connectivity index (χ1n) is 5.80. The monoisotopic (exact) mass is 332 g/mol. The first-order valence-corrected chi connectivity index (χ1v) is 7.75. The molecular weight excluding hydrogens is 316 g/mol. The number of hydrogen-bond acceptors (Lipinski definition) is 4. The van der Waals surface area contributed by atoms with Crippen LogP contribution in [0.2, 0.25) is 0 Å². The maximum Gasteiger partial charge on any atom is 0.347 e. The molecule has 0 aromatic heterocycles. The molecule has 0 aliphatic carbocycles. The Hall–Kier alpha value is -0.680. The Balaban J connectivity index is 2.33. The van der Waals surface area contributed by atoms with Crippen molar-refractivity contribution in [2.24, 2.45) is 0 Å². The first kappa shape index (κ1) is 15.4. The fourth-order valence-corrected chi connectivity index (χ4v) is 1.98. The highest BCUT2D eigenvalue weighted by Gasteiger charge is 2.15. The topological polar surface area (TPSA) is 35.5 Å². The van der Waals surface area contributed by atoms with E-state index in [2.05, 4.69) is 22.9 Å². The van der Waals surface area contributed by atoms with Crippen molar-refractivity contribution in [1.82, 2.24) is 0 Å². The van der Waals surface area contributed by atoms with Crippen LogP contribution in [-0.4, -0.2) is 30.2 Å². The zero-order valence-corrected chi connectivity index (χ0v) is 12.9. The second kappa shape index (κ2) is 8.43. The van der Waals surface area contributed by atoms with E-state index in [0.29, 0.717) is 12.4 Å². The van der Waals surface area contributed by atoms with Gasteiger partial charge in [-0.25, -0.2) is 4.79 Å². The Kier molecular flexibility index (Phi) is 7.20. The Labute approximate surface area is 120 Å². The normalized spacial score (nSPS) is 11.9. The summed E-state index contributed by atoms with van der Waals surface area (Å²) in [4.78, 5) is 11.6. The molecule has 100 valence electrons. The van der Waals surface area contributed by atoms with E-state index in [-0.39, 0.29) is 5.97 Å². The molecule has 1 atom stereocenters. The third-order valence-corrected chi connectivity index (χ3v) is 3.53. The van der Waals surface area contributed by atoms with Crippen LogP contribution in [0.3, 0.4) is 0 Å². The largest absolute Gasteiger partial charge is 0.479 e. The van der Waals surface area contributed by atoms with Crippen LogP contribution in [0.15, 0.2) is 28.7 Å². The molecule has 1 unspecified atom stereocenters. The molecule has 18 heavy (non-hydrogen) atoms. The van der Waals surface area contributed by atoms with Gasteiger partial charge >= 0.3 is 5.97 Å². The number of hydrogen-bond donors (Lipinski definition) is 0. The van der Waals surface area contributed by atoms with Gasteiger partial charge in [0.25, 0.3) is 0 Å². The average Bonchev–Trinajstić information content (AvgIpc) is 2.37. The Morgan fingerprint density at radius 3 is 2.67 bits per heavy atom. The smallest absolute Gasteiger partial charge is 0.347 e. The molecular formula is C13H17BrO3S. The summed E-state index contributed by atoms with van der Waals surface area (Å²) < 4.78 is 11.6. The summed E-state index contributed by atoms with van der Waals surface area (Å²) in [5.41, 5.74) is 0. The zero-order valence-electron chi connectivity index (χ0n) is 10.5. The van der Waals surface area contributed by atoms with Crippen LogP contribution in [-0.2, 0) is 9.53 Å². The lowest BCUT2D eigenvalue weighted by atomic mass is 10.3. The van der Waals surface area contributed by atoms with Crippen molar-refractivity contribution in [3.05, 3.63) is 28.7 Å². The van der Waals surface area contributed by atoms with Crippen molar-refractivity contribution in [3.63, 3.8) is 0 Å². The highest BCUT2D eigenvalue weighted by molar-refractivity contribution is 9.10. The zero-order chi connectivity index (χ0) is 13.4. The van der Waals surface area contributed by atoms with Crippen LogP contribution in [0.1, 0.15) is 13.8 Å². The maximum absolute atomic E-state index is 11.6. The van der Waals surface area contributed by atoms with Crippen molar-refractivity contribution >= 4 is 33.7 Å². The van der Waals surface area contributed by atoms with E-state index < -0.39 is 6.10 Å². The molecule has 0 saturated carbocycles. The van der Waals surface area contributed by atoms with Gasteiger partial charge < -0.3 is 9.47 Å². The van der Waals surface area contributed by atoms with Gasteiger partial charge in [0.15, 0.2) is 6.10 Å².